The van der Waals surface area contributed by atoms with Gasteiger partial charge in [-0.1, -0.05) is 29.8 Å². The number of rotatable bonds is 10. The number of para-hydroxylation sites is 1. The molecule has 1 heterocycles. The van der Waals surface area contributed by atoms with Crippen LogP contribution in [0.5, 0.6) is 17.2 Å². The van der Waals surface area contributed by atoms with Gasteiger partial charge < -0.3 is 29.0 Å². The van der Waals surface area contributed by atoms with Gasteiger partial charge in [0.25, 0.3) is 11.7 Å². The summed E-state index contributed by atoms with van der Waals surface area (Å²) in [6.45, 7) is 4.52. The first-order valence-electron chi connectivity index (χ1n) is 11.2. The van der Waals surface area contributed by atoms with Crippen molar-refractivity contribution >= 4 is 29.1 Å². The molecule has 3 rings (SSSR count). The van der Waals surface area contributed by atoms with E-state index in [2.05, 4.69) is 0 Å². The molecule has 1 amide bonds. The molecule has 1 aliphatic heterocycles. The average molecular weight is 504 g/mol. The summed E-state index contributed by atoms with van der Waals surface area (Å²) >= 11 is 6.22. The molecule has 1 saturated heterocycles. The fraction of sp³-hybridized carbons (Fsp3) is 0.385. The predicted octanol–water partition coefficient (Wildman–Crippen LogP) is 4.60. The van der Waals surface area contributed by atoms with E-state index in [1.165, 1.54) is 38.4 Å². The Bertz CT molecular complexity index is 1130. The van der Waals surface area contributed by atoms with Gasteiger partial charge in [0.2, 0.25) is 0 Å². The number of Topliss-reactive ketones (excluding diaryl/α,β-unsaturated/α-hetero) is 1. The molecule has 0 spiro atoms. The molecular weight excluding hydrogens is 474 g/mol. The van der Waals surface area contributed by atoms with E-state index in [1.54, 1.807) is 24.3 Å². The number of aliphatic hydroxyl groups is 1. The predicted molar refractivity (Wildman–Crippen MR) is 132 cm³/mol. The lowest BCUT2D eigenvalue weighted by atomic mass is 9.94. The Morgan fingerprint density at radius 1 is 1.03 bits per heavy atom. The van der Waals surface area contributed by atoms with Crippen molar-refractivity contribution in [2.45, 2.75) is 32.4 Å². The molecule has 2 aromatic carbocycles. The van der Waals surface area contributed by atoms with Gasteiger partial charge in [-0.2, -0.15) is 0 Å². The van der Waals surface area contributed by atoms with Crippen LogP contribution in [0.2, 0.25) is 5.02 Å². The van der Waals surface area contributed by atoms with Crippen molar-refractivity contribution in [1.29, 1.82) is 0 Å². The van der Waals surface area contributed by atoms with Crippen LogP contribution in [0.25, 0.3) is 5.76 Å². The summed E-state index contributed by atoms with van der Waals surface area (Å²) in [5.74, 6) is -0.932. The Kier molecular flexibility index (Phi) is 8.64. The van der Waals surface area contributed by atoms with Gasteiger partial charge in [-0.05, 0) is 32.4 Å². The SMILES string of the molecule is COc1cc(/C(O)=C2\C(=O)C(=O)N(CCCOC(C)C)C2c2ccccc2OC)c(OC)cc1Cl. The van der Waals surface area contributed by atoms with Gasteiger partial charge >= 0.3 is 0 Å². The fourth-order valence-electron chi connectivity index (χ4n) is 4.07. The maximum atomic E-state index is 13.3. The first-order chi connectivity index (χ1) is 16.7. The summed E-state index contributed by atoms with van der Waals surface area (Å²) in [7, 11) is 4.36. The third-order valence-electron chi connectivity index (χ3n) is 5.70. The molecule has 0 saturated carbocycles. The third kappa shape index (κ3) is 5.39. The second-order valence-corrected chi connectivity index (χ2v) is 8.60. The monoisotopic (exact) mass is 503 g/mol. The van der Waals surface area contributed by atoms with Crippen LogP contribution in [-0.4, -0.2) is 62.3 Å². The number of likely N-dealkylation sites (tertiary alicyclic amines) is 1. The van der Waals surface area contributed by atoms with Crippen molar-refractivity contribution in [3.8, 4) is 17.2 Å². The van der Waals surface area contributed by atoms with Gasteiger partial charge in [0.15, 0.2) is 0 Å². The number of amides is 1. The minimum atomic E-state index is -0.878. The van der Waals surface area contributed by atoms with E-state index in [4.69, 9.17) is 30.5 Å². The number of hydrogen-bond acceptors (Lipinski definition) is 7. The van der Waals surface area contributed by atoms with Gasteiger partial charge in [-0.25, -0.2) is 0 Å². The zero-order valence-electron chi connectivity index (χ0n) is 20.5. The first-order valence-corrected chi connectivity index (χ1v) is 11.6. The van der Waals surface area contributed by atoms with Gasteiger partial charge in [0.05, 0.1) is 49.6 Å². The number of hydrogen-bond donors (Lipinski definition) is 1. The molecule has 8 nitrogen and oxygen atoms in total. The second kappa shape index (κ2) is 11.5. The van der Waals surface area contributed by atoms with E-state index in [0.717, 1.165) is 0 Å². The van der Waals surface area contributed by atoms with Crippen molar-refractivity contribution in [3.05, 3.63) is 58.1 Å². The lowest BCUT2D eigenvalue weighted by molar-refractivity contribution is -0.140. The van der Waals surface area contributed by atoms with Crippen LogP contribution in [0.4, 0.5) is 0 Å². The van der Waals surface area contributed by atoms with Crippen molar-refractivity contribution in [2.24, 2.45) is 0 Å². The number of nitrogens with zero attached hydrogens (tertiary/aromatic N) is 1. The molecule has 0 aliphatic carbocycles. The average Bonchev–Trinajstić information content (AvgIpc) is 3.10. The molecule has 1 atom stereocenters. The molecule has 0 radical (unpaired) electrons. The maximum absolute atomic E-state index is 13.3. The minimum absolute atomic E-state index is 0.0442. The highest BCUT2D eigenvalue weighted by molar-refractivity contribution is 6.46. The molecule has 1 N–H and O–H groups in total. The molecule has 0 aromatic heterocycles. The smallest absolute Gasteiger partial charge is 0.295 e. The molecular formula is C26H30ClNO7. The van der Waals surface area contributed by atoms with Crippen LogP contribution >= 0.6 is 11.6 Å². The number of halogens is 1. The highest BCUT2D eigenvalue weighted by atomic mass is 35.5. The maximum Gasteiger partial charge on any atom is 0.295 e. The van der Waals surface area contributed by atoms with Gasteiger partial charge in [-0.15, -0.1) is 0 Å². The number of benzene rings is 2. The summed E-state index contributed by atoms with van der Waals surface area (Å²) in [5, 5.41) is 11.7. The zero-order valence-corrected chi connectivity index (χ0v) is 21.2. The molecule has 9 heteroatoms. The Morgan fingerprint density at radius 2 is 1.69 bits per heavy atom. The van der Waals surface area contributed by atoms with Gasteiger partial charge in [-0.3, -0.25) is 9.59 Å². The van der Waals surface area contributed by atoms with Crippen LogP contribution in [-0.2, 0) is 14.3 Å². The summed E-state index contributed by atoms with van der Waals surface area (Å²) < 4.78 is 21.8. The number of carbonyl (C=O) groups excluding carboxylic acids is 2. The lowest BCUT2D eigenvalue weighted by Crippen LogP contribution is -2.31. The third-order valence-corrected chi connectivity index (χ3v) is 5.99. The molecule has 35 heavy (non-hydrogen) atoms. The van der Waals surface area contributed by atoms with Crippen molar-refractivity contribution in [1.82, 2.24) is 4.90 Å². The van der Waals surface area contributed by atoms with Crippen molar-refractivity contribution in [2.75, 3.05) is 34.5 Å². The molecule has 0 bridgehead atoms. The first kappa shape index (κ1) is 26.4. The van der Waals surface area contributed by atoms with E-state index >= 15 is 0 Å². The Labute approximate surface area is 210 Å². The fourth-order valence-corrected chi connectivity index (χ4v) is 4.30. The molecule has 1 unspecified atom stereocenters. The molecule has 1 fully saturated rings. The number of aliphatic hydroxyl groups excluding tert-OH is 1. The van der Waals surface area contributed by atoms with E-state index in [0.29, 0.717) is 24.3 Å². The van der Waals surface area contributed by atoms with Crippen LogP contribution < -0.4 is 14.2 Å². The number of carbonyl (C=O) groups is 2. The van der Waals surface area contributed by atoms with Crippen molar-refractivity contribution < 1.29 is 33.6 Å². The summed E-state index contributed by atoms with van der Waals surface area (Å²) in [5.41, 5.74) is 0.669. The number of methoxy groups -OCH3 is 3. The minimum Gasteiger partial charge on any atom is -0.507 e. The lowest BCUT2D eigenvalue weighted by Gasteiger charge is -2.27. The van der Waals surface area contributed by atoms with Crippen LogP contribution in [0.1, 0.15) is 37.4 Å². The number of ketones is 1. The van der Waals surface area contributed by atoms with Crippen LogP contribution in [0, 0.1) is 0 Å². The van der Waals surface area contributed by atoms with Crippen LogP contribution in [0.15, 0.2) is 42.0 Å². The molecule has 2 aromatic rings. The Morgan fingerprint density at radius 3 is 2.31 bits per heavy atom. The van der Waals surface area contributed by atoms with E-state index in [9.17, 15) is 14.7 Å². The Hall–Kier alpha value is -3.23. The summed E-state index contributed by atoms with van der Waals surface area (Å²) in [4.78, 5) is 27.9. The van der Waals surface area contributed by atoms with Gasteiger partial charge in [0, 0.05) is 24.8 Å². The Balaban J connectivity index is 2.18. The van der Waals surface area contributed by atoms with E-state index in [1.807, 2.05) is 13.8 Å². The van der Waals surface area contributed by atoms with Crippen molar-refractivity contribution in [3.63, 3.8) is 0 Å². The van der Waals surface area contributed by atoms with E-state index in [-0.39, 0.29) is 40.3 Å². The van der Waals surface area contributed by atoms with Gasteiger partial charge in [0.1, 0.15) is 23.0 Å². The number of ether oxygens (including phenoxy) is 4. The standard InChI is InChI=1S/C26H30ClNO7/c1-15(2)35-12-8-11-28-23(16-9-6-7-10-19(16)32-3)22(25(30)26(28)31)24(29)17-13-21(34-5)18(27)14-20(17)33-4/h6-7,9-10,13-15,23,29H,8,11-12H2,1-5H3/b24-22+. The molecule has 188 valence electrons. The highest BCUT2D eigenvalue weighted by Gasteiger charge is 2.47. The highest BCUT2D eigenvalue weighted by Crippen LogP contribution is 2.45. The van der Waals surface area contributed by atoms with E-state index < -0.39 is 23.5 Å². The zero-order chi connectivity index (χ0) is 25.7. The summed E-state index contributed by atoms with van der Waals surface area (Å²) in [6.07, 6.45) is 0.553. The van der Waals surface area contributed by atoms with Crippen LogP contribution in [0.3, 0.4) is 0 Å². The largest absolute Gasteiger partial charge is 0.507 e. The normalized spacial score (nSPS) is 17.2. The second-order valence-electron chi connectivity index (χ2n) is 8.19. The quantitative estimate of drug-likeness (QED) is 0.219. The molecule has 1 aliphatic rings. The topological polar surface area (TPSA) is 94.5 Å². The summed E-state index contributed by atoms with van der Waals surface area (Å²) in [6, 6.07) is 9.15.